The quantitative estimate of drug-likeness (QED) is 0.816. The molecular formula is C14H23NO. The molecule has 0 fully saturated rings. The number of benzene rings is 1. The molecule has 0 bridgehead atoms. The maximum Gasteiger partial charge on any atom is 0.120 e. The van der Waals surface area contributed by atoms with Crippen LogP contribution < -0.4 is 5.32 Å². The van der Waals surface area contributed by atoms with Gasteiger partial charge in [-0.2, -0.15) is 0 Å². The van der Waals surface area contributed by atoms with Crippen LogP contribution in [0, 0.1) is 5.41 Å². The second-order valence-electron chi connectivity index (χ2n) is 5.55. The summed E-state index contributed by atoms with van der Waals surface area (Å²) in [6.07, 6.45) is 1.13. The number of para-hydroxylation sites is 1. The maximum absolute atomic E-state index is 9.70. The predicted octanol–water partition coefficient (Wildman–Crippen LogP) is 3.48. The van der Waals surface area contributed by atoms with Crippen molar-refractivity contribution in [1.29, 1.82) is 0 Å². The lowest BCUT2D eigenvalue weighted by Gasteiger charge is -2.21. The molecule has 0 saturated carbocycles. The van der Waals surface area contributed by atoms with E-state index in [4.69, 9.17) is 0 Å². The molecule has 1 atom stereocenters. The fourth-order valence-electron chi connectivity index (χ4n) is 1.63. The highest BCUT2D eigenvalue weighted by atomic mass is 16.3. The Morgan fingerprint density at radius 1 is 1.25 bits per heavy atom. The van der Waals surface area contributed by atoms with Crippen LogP contribution in [0.1, 0.15) is 45.7 Å². The molecule has 1 aromatic carbocycles. The first-order chi connectivity index (χ1) is 7.40. The Kier molecular flexibility index (Phi) is 4.36. The molecule has 0 aliphatic carbocycles. The first-order valence-corrected chi connectivity index (χ1v) is 5.91. The largest absolute Gasteiger partial charge is 0.508 e. The van der Waals surface area contributed by atoms with Gasteiger partial charge in [-0.3, -0.25) is 0 Å². The molecule has 2 nitrogen and oxygen atoms in total. The second kappa shape index (κ2) is 5.35. The van der Waals surface area contributed by atoms with E-state index < -0.39 is 0 Å². The van der Waals surface area contributed by atoms with Crippen molar-refractivity contribution < 1.29 is 5.11 Å². The number of hydrogen-bond donors (Lipinski definition) is 2. The van der Waals surface area contributed by atoms with Crippen LogP contribution >= 0.6 is 0 Å². The van der Waals surface area contributed by atoms with Gasteiger partial charge in [0.15, 0.2) is 0 Å². The highest BCUT2D eigenvalue weighted by Gasteiger charge is 2.12. The van der Waals surface area contributed by atoms with Crippen LogP contribution in [0.2, 0.25) is 0 Å². The van der Waals surface area contributed by atoms with E-state index in [1.165, 1.54) is 0 Å². The lowest BCUT2D eigenvalue weighted by atomic mass is 9.92. The summed E-state index contributed by atoms with van der Waals surface area (Å²) in [5.74, 6) is 0.373. The zero-order chi connectivity index (χ0) is 12.2. The van der Waals surface area contributed by atoms with Crippen LogP contribution in [0.4, 0.5) is 0 Å². The van der Waals surface area contributed by atoms with Gasteiger partial charge in [0.05, 0.1) is 0 Å². The van der Waals surface area contributed by atoms with Crippen molar-refractivity contribution in [2.45, 2.75) is 40.2 Å². The summed E-state index contributed by atoms with van der Waals surface area (Å²) < 4.78 is 0. The third-order valence-corrected chi connectivity index (χ3v) is 2.73. The van der Waals surface area contributed by atoms with Crippen molar-refractivity contribution in [1.82, 2.24) is 5.32 Å². The van der Waals surface area contributed by atoms with E-state index in [1.807, 2.05) is 18.2 Å². The van der Waals surface area contributed by atoms with Gasteiger partial charge < -0.3 is 10.4 Å². The number of aromatic hydroxyl groups is 1. The minimum absolute atomic E-state index is 0.198. The molecule has 0 heterocycles. The van der Waals surface area contributed by atoms with E-state index in [9.17, 15) is 5.11 Å². The average molecular weight is 221 g/mol. The Balaban J connectivity index is 2.47. The van der Waals surface area contributed by atoms with E-state index in [1.54, 1.807) is 6.07 Å². The molecule has 0 aromatic heterocycles. The molecule has 0 saturated heterocycles. The van der Waals surface area contributed by atoms with Crippen LogP contribution in [0.15, 0.2) is 24.3 Å². The fraction of sp³-hybridized carbons (Fsp3) is 0.571. The van der Waals surface area contributed by atoms with Gasteiger partial charge in [0, 0.05) is 11.6 Å². The van der Waals surface area contributed by atoms with Crippen LogP contribution in [0.25, 0.3) is 0 Å². The molecule has 90 valence electrons. The highest BCUT2D eigenvalue weighted by Crippen LogP contribution is 2.24. The van der Waals surface area contributed by atoms with Crippen LogP contribution in [0.5, 0.6) is 5.75 Å². The Bertz CT molecular complexity index is 328. The van der Waals surface area contributed by atoms with Gasteiger partial charge in [-0.1, -0.05) is 39.0 Å². The molecule has 1 unspecified atom stereocenters. The number of phenols is 1. The Morgan fingerprint density at radius 2 is 1.88 bits per heavy atom. The summed E-state index contributed by atoms with van der Waals surface area (Å²) in [4.78, 5) is 0. The van der Waals surface area contributed by atoms with Crippen molar-refractivity contribution >= 4 is 0 Å². The van der Waals surface area contributed by atoms with Gasteiger partial charge in [-0.05, 0) is 31.4 Å². The smallest absolute Gasteiger partial charge is 0.120 e. The van der Waals surface area contributed by atoms with Crippen molar-refractivity contribution in [2.75, 3.05) is 6.54 Å². The van der Waals surface area contributed by atoms with Gasteiger partial charge in [0.25, 0.3) is 0 Å². The summed E-state index contributed by atoms with van der Waals surface area (Å²) in [7, 11) is 0. The molecule has 16 heavy (non-hydrogen) atoms. The molecule has 0 spiro atoms. The number of rotatable bonds is 4. The minimum Gasteiger partial charge on any atom is -0.508 e. The molecular weight excluding hydrogens is 198 g/mol. The molecule has 1 aromatic rings. The molecule has 0 radical (unpaired) electrons. The predicted molar refractivity (Wildman–Crippen MR) is 68.6 cm³/mol. The summed E-state index contributed by atoms with van der Waals surface area (Å²) >= 11 is 0. The Hall–Kier alpha value is -1.02. The monoisotopic (exact) mass is 221 g/mol. The number of nitrogens with one attached hydrogen (secondary N) is 1. The maximum atomic E-state index is 9.70. The Labute approximate surface area is 98.7 Å². The van der Waals surface area contributed by atoms with Gasteiger partial charge in [0.2, 0.25) is 0 Å². The summed E-state index contributed by atoms with van der Waals surface area (Å²) in [5, 5.41) is 13.1. The van der Waals surface area contributed by atoms with Crippen LogP contribution in [-0.4, -0.2) is 11.7 Å². The van der Waals surface area contributed by atoms with Crippen LogP contribution in [0.3, 0.4) is 0 Å². The van der Waals surface area contributed by atoms with E-state index in [0.717, 1.165) is 18.5 Å². The fourth-order valence-corrected chi connectivity index (χ4v) is 1.63. The number of phenolic OH excluding ortho intramolecular Hbond substituents is 1. The van der Waals surface area contributed by atoms with Gasteiger partial charge >= 0.3 is 0 Å². The topological polar surface area (TPSA) is 32.3 Å². The van der Waals surface area contributed by atoms with E-state index in [0.29, 0.717) is 11.2 Å². The van der Waals surface area contributed by atoms with Crippen molar-refractivity contribution in [2.24, 2.45) is 5.41 Å². The van der Waals surface area contributed by atoms with Gasteiger partial charge in [0.1, 0.15) is 5.75 Å². The minimum atomic E-state index is 0.198. The lowest BCUT2D eigenvalue weighted by Crippen LogP contribution is -2.23. The summed E-state index contributed by atoms with van der Waals surface area (Å²) in [5.41, 5.74) is 1.32. The molecule has 0 amide bonds. The molecule has 0 aliphatic heterocycles. The highest BCUT2D eigenvalue weighted by molar-refractivity contribution is 5.34. The van der Waals surface area contributed by atoms with Gasteiger partial charge in [-0.25, -0.2) is 0 Å². The second-order valence-corrected chi connectivity index (χ2v) is 5.55. The zero-order valence-electron chi connectivity index (χ0n) is 10.7. The normalized spacial score (nSPS) is 13.8. The molecule has 2 N–H and O–H groups in total. The zero-order valence-corrected chi connectivity index (χ0v) is 10.7. The van der Waals surface area contributed by atoms with Crippen molar-refractivity contribution in [3.8, 4) is 5.75 Å². The van der Waals surface area contributed by atoms with E-state index in [2.05, 4.69) is 33.0 Å². The third kappa shape index (κ3) is 4.23. The van der Waals surface area contributed by atoms with E-state index >= 15 is 0 Å². The summed E-state index contributed by atoms with van der Waals surface area (Å²) in [6.45, 7) is 9.76. The molecule has 1 rings (SSSR count). The standard InChI is InChI=1S/C14H23NO/c1-11(15-10-9-14(2,3)4)12-7-5-6-8-13(12)16/h5-8,11,15-16H,9-10H2,1-4H3. The van der Waals surface area contributed by atoms with E-state index in [-0.39, 0.29) is 6.04 Å². The third-order valence-electron chi connectivity index (χ3n) is 2.73. The lowest BCUT2D eigenvalue weighted by molar-refractivity contribution is 0.356. The van der Waals surface area contributed by atoms with Crippen molar-refractivity contribution in [3.63, 3.8) is 0 Å². The van der Waals surface area contributed by atoms with Crippen molar-refractivity contribution in [3.05, 3.63) is 29.8 Å². The molecule has 2 heteroatoms. The first-order valence-electron chi connectivity index (χ1n) is 5.91. The Morgan fingerprint density at radius 3 is 2.44 bits per heavy atom. The first kappa shape index (κ1) is 13.0. The van der Waals surface area contributed by atoms with Crippen LogP contribution in [-0.2, 0) is 0 Å². The summed E-state index contributed by atoms with van der Waals surface area (Å²) in [6, 6.07) is 7.70. The SMILES string of the molecule is CC(NCCC(C)(C)C)c1ccccc1O. The average Bonchev–Trinajstić information content (AvgIpc) is 2.16. The van der Waals surface area contributed by atoms with Gasteiger partial charge in [-0.15, -0.1) is 0 Å². The molecule has 0 aliphatic rings. The number of hydrogen-bond acceptors (Lipinski definition) is 2.